The van der Waals surface area contributed by atoms with E-state index in [1.54, 1.807) is 19.1 Å². The molecule has 0 saturated carbocycles. The highest BCUT2D eigenvalue weighted by Crippen LogP contribution is 2.20. The maximum absolute atomic E-state index is 13.4. The number of sulfonamides is 1. The minimum atomic E-state index is -3.66. The predicted molar refractivity (Wildman–Crippen MR) is 132 cm³/mol. The number of carbonyl (C=O) groups excluding carboxylic acids is 2. The van der Waals surface area contributed by atoms with E-state index >= 15 is 0 Å². The summed E-state index contributed by atoms with van der Waals surface area (Å²) in [6, 6.07) is 10.1. The molecule has 0 aliphatic carbocycles. The summed E-state index contributed by atoms with van der Waals surface area (Å²) in [7, 11) is -3.66. The molecule has 0 heterocycles. The number of amides is 2. The first kappa shape index (κ1) is 28.2. The maximum atomic E-state index is 13.4. The molecule has 0 fully saturated rings. The van der Waals surface area contributed by atoms with E-state index < -0.39 is 27.7 Å². The van der Waals surface area contributed by atoms with Crippen molar-refractivity contribution in [2.45, 2.75) is 52.1 Å². The third-order valence-corrected chi connectivity index (χ3v) is 6.66. The van der Waals surface area contributed by atoms with Crippen molar-refractivity contribution < 1.29 is 26.8 Å². The highest BCUT2D eigenvalue weighted by Gasteiger charge is 2.28. The van der Waals surface area contributed by atoms with Crippen LogP contribution < -0.4 is 9.62 Å². The molecule has 0 unspecified atom stereocenters. The first-order valence-corrected chi connectivity index (χ1v) is 13.5. The van der Waals surface area contributed by atoms with Crippen LogP contribution >= 0.6 is 0 Å². The predicted octanol–water partition coefficient (Wildman–Crippen LogP) is 3.84. The van der Waals surface area contributed by atoms with Gasteiger partial charge < -0.3 is 10.2 Å². The van der Waals surface area contributed by atoms with Crippen molar-refractivity contribution in [1.82, 2.24) is 10.2 Å². The third kappa shape index (κ3) is 8.61. The first-order chi connectivity index (χ1) is 16.6. The maximum Gasteiger partial charge on any atom is 0.242 e. The number of benzene rings is 2. The van der Waals surface area contributed by atoms with E-state index in [4.69, 9.17) is 0 Å². The van der Waals surface area contributed by atoms with Crippen molar-refractivity contribution in [2.75, 3.05) is 23.7 Å². The molecule has 0 aliphatic rings. The van der Waals surface area contributed by atoms with Crippen LogP contribution in [0.4, 0.5) is 14.5 Å². The molecule has 2 aromatic carbocycles. The van der Waals surface area contributed by atoms with E-state index in [0.717, 1.165) is 17.0 Å². The lowest BCUT2D eigenvalue weighted by molar-refractivity contribution is -0.141. The van der Waals surface area contributed by atoms with Gasteiger partial charge in [-0.05, 0) is 61.2 Å². The molecule has 35 heavy (non-hydrogen) atoms. The molecule has 192 valence electrons. The van der Waals surface area contributed by atoms with Gasteiger partial charge in [0.1, 0.15) is 17.7 Å². The normalized spacial score (nSPS) is 12.1. The first-order valence-electron chi connectivity index (χ1n) is 11.6. The Hall–Kier alpha value is -3.01. The van der Waals surface area contributed by atoms with Crippen molar-refractivity contribution in [2.24, 2.45) is 0 Å². The Morgan fingerprint density at radius 2 is 1.54 bits per heavy atom. The van der Waals surface area contributed by atoms with Gasteiger partial charge in [-0.1, -0.05) is 26.0 Å². The Morgan fingerprint density at radius 1 is 0.971 bits per heavy atom. The number of rotatable bonds is 13. The van der Waals surface area contributed by atoms with Crippen LogP contribution in [0.3, 0.4) is 0 Å². The van der Waals surface area contributed by atoms with E-state index in [-0.39, 0.29) is 37.7 Å². The Labute approximate surface area is 206 Å². The van der Waals surface area contributed by atoms with Crippen LogP contribution in [-0.2, 0) is 26.2 Å². The Kier molecular flexibility index (Phi) is 10.6. The van der Waals surface area contributed by atoms with Gasteiger partial charge in [0.15, 0.2) is 0 Å². The van der Waals surface area contributed by atoms with E-state index in [0.29, 0.717) is 24.2 Å². The van der Waals surface area contributed by atoms with Crippen LogP contribution in [0.15, 0.2) is 48.5 Å². The lowest BCUT2D eigenvalue weighted by Crippen LogP contribution is -2.49. The topological polar surface area (TPSA) is 86.8 Å². The largest absolute Gasteiger partial charge is 0.354 e. The zero-order chi connectivity index (χ0) is 26.0. The molecule has 0 spiro atoms. The fourth-order valence-corrected chi connectivity index (χ4v) is 4.65. The minimum absolute atomic E-state index is 0.00797. The van der Waals surface area contributed by atoms with Gasteiger partial charge >= 0.3 is 0 Å². The molecule has 2 amide bonds. The van der Waals surface area contributed by atoms with Gasteiger partial charge in [-0.15, -0.1) is 0 Å². The molecule has 1 atom stereocenters. The molecule has 7 nitrogen and oxygen atoms in total. The van der Waals surface area contributed by atoms with Crippen LogP contribution in [-0.4, -0.2) is 50.5 Å². The van der Waals surface area contributed by atoms with Gasteiger partial charge in [0.2, 0.25) is 21.8 Å². The molecule has 2 aromatic rings. The number of hydrogen-bond acceptors (Lipinski definition) is 4. The van der Waals surface area contributed by atoms with Gasteiger partial charge in [-0.2, -0.15) is 0 Å². The Bertz CT molecular complexity index is 1080. The number of nitrogens with one attached hydrogen (secondary N) is 1. The second-order valence-electron chi connectivity index (χ2n) is 8.28. The van der Waals surface area contributed by atoms with Gasteiger partial charge in [-0.25, -0.2) is 17.2 Å². The molecular weight excluding hydrogens is 476 g/mol. The average Bonchev–Trinajstić information content (AvgIpc) is 2.81. The number of nitrogens with zero attached hydrogens (tertiary/aromatic N) is 2. The molecular formula is C25H33F2N3O4S. The molecule has 10 heteroatoms. The summed E-state index contributed by atoms with van der Waals surface area (Å²) in [5.74, 6) is -1.48. The quantitative estimate of drug-likeness (QED) is 0.445. The van der Waals surface area contributed by atoms with Gasteiger partial charge in [0.25, 0.3) is 0 Å². The summed E-state index contributed by atoms with van der Waals surface area (Å²) in [5, 5.41) is 2.82. The second kappa shape index (κ2) is 13.2. The summed E-state index contributed by atoms with van der Waals surface area (Å²) >= 11 is 0. The minimum Gasteiger partial charge on any atom is -0.354 e. The fraction of sp³-hybridized carbons (Fsp3) is 0.440. The van der Waals surface area contributed by atoms with Crippen molar-refractivity contribution in [3.05, 3.63) is 65.7 Å². The van der Waals surface area contributed by atoms with E-state index in [2.05, 4.69) is 5.32 Å². The lowest BCUT2D eigenvalue weighted by atomic mass is 10.1. The summed E-state index contributed by atoms with van der Waals surface area (Å²) in [6.45, 7) is 4.34. The van der Waals surface area contributed by atoms with Gasteiger partial charge in [0, 0.05) is 26.1 Å². The van der Waals surface area contributed by atoms with Crippen LogP contribution in [0.1, 0.15) is 45.1 Å². The molecule has 0 saturated heterocycles. The fourth-order valence-electron chi connectivity index (χ4n) is 3.68. The number of carbonyl (C=O) groups is 2. The summed E-state index contributed by atoms with van der Waals surface area (Å²) < 4.78 is 52.3. The van der Waals surface area contributed by atoms with Crippen LogP contribution in [0, 0.1) is 11.6 Å². The summed E-state index contributed by atoms with van der Waals surface area (Å²) in [6.07, 6.45) is 2.36. The lowest BCUT2D eigenvalue weighted by Gasteiger charge is -2.31. The Balaban J connectivity index is 2.18. The molecule has 0 bridgehead atoms. The monoisotopic (exact) mass is 509 g/mol. The van der Waals surface area contributed by atoms with Crippen molar-refractivity contribution in [1.29, 1.82) is 0 Å². The van der Waals surface area contributed by atoms with Crippen molar-refractivity contribution >= 4 is 27.5 Å². The smallest absolute Gasteiger partial charge is 0.242 e. The molecule has 0 aliphatic heterocycles. The molecule has 1 N–H and O–H groups in total. The van der Waals surface area contributed by atoms with Gasteiger partial charge in [0.05, 0.1) is 11.9 Å². The third-order valence-electron chi connectivity index (χ3n) is 5.47. The Morgan fingerprint density at radius 3 is 2.06 bits per heavy atom. The number of halogens is 2. The zero-order valence-electron chi connectivity index (χ0n) is 20.3. The van der Waals surface area contributed by atoms with Crippen molar-refractivity contribution in [3.63, 3.8) is 0 Å². The highest BCUT2D eigenvalue weighted by molar-refractivity contribution is 7.92. The summed E-state index contributed by atoms with van der Waals surface area (Å²) in [4.78, 5) is 27.5. The van der Waals surface area contributed by atoms with Crippen LogP contribution in [0.5, 0.6) is 0 Å². The zero-order valence-corrected chi connectivity index (χ0v) is 21.2. The molecule has 0 aromatic heterocycles. The van der Waals surface area contributed by atoms with Crippen molar-refractivity contribution in [3.8, 4) is 0 Å². The highest BCUT2D eigenvalue weighted by atomic mass is 32.2. The standard InChI is InChI=1S/C25H33F2N3O4S/c1-4-16-28-25(32)23(5-2)29(18-19-8-10-20(26)11-9-19)24(31)7-6-17-30(35(3,33)34)22-14-12-21(27)13-15-22/h8-15,23H,4-7,16-18H2,1-3H3,(H,28,32)/t23-/m1/s1. The average molecular weight is 510 g/mol. The van der Waals surface area contributed by atoms with E-state index in [1.165, 1.54) is 41.3 Å². The number of anilines is 1. The van der Waals surface area contributed by atoms with Crippen LogP contribution in [0.2, 0.25) is 0 Å². The molecule has 2 rings (SSSR count). The molecule has 0 radical (unpaired) electrons. The van der Waals surface area contributed by atoms with Gasteiger partial charge in [-0.3, -0.25) is 13.9 Å². The second-order valence-corrected chi connectivity index (χ2v) is 10.2. The van der Waals surface area contributed by atoms with Crippen LogP contribution in [0.25, 0.3) is 0 Å². The summed E-state index contributed by atoms with van der Waals surface area (Å²) in [5.41, 5.74) is 0.973. The SMILES string of the molecule is CCCNC(=O)[C@@H](CC)N(Cc1ccc(F)cc1)C(=O)CCCN(c1ccc(F)cc1)S(C)(=O)=O. The van der Waals surface area contributed by atoms with E-state index in [1.807, 2.05) is 6.92 Å². The number of hydrogen-bond donors (Lipinski definition) is 1. The van der Waals surface area contributed by atoms with E-state index in [9.17, 15) is 26.8 Å².